The van der Waals surface area contributed by atoms with Gasteiger partial charge in [0.2, 0.25) is 0 Å². The smallest absolute Gasteiger partial charge is 0.191 e. The first-order chi connectivity index (χ1) is 12.5. The zero-order chi connectivity index (χ0) is 22.0. The van der Waals surface area contributed by atoms with Crippen molar-refractivity contribution in [1.29, 1.82) is 0 Å². The number of allylic oxidation sites excluding steroid dienone is 2. The summed E-state index contributed by atoms with van der Waals surface area (Å²) < 4.78 is 28.1. The van der Waals surface area contributed by atoms with E-state index in [9.17, 15) is 4.39 Å². The molecule has 0 spiro atoms. The predicted molar refractivity (Wildman–Crippen MR) is 129 cm³/mol. The molecule has 3 unspecified atom stereocenters. The number of halogens is 2. The standard InChI is InChI=1S/C22H44BrFO2Si2/c1-21(2,3)27(7,8)25-13-11-17-15-18(20(24)19(23)16-17)12-14-26-28(9,10)22(4,5)6/h16-18,20H,11-15H2,1-10H3. The van der Waals surface area contributed by atoms with Gasteiger partial charge in [0, 0.05) is 17.7 Å². The van der Waals surface area contributed by atoms with Crippen molar-refractivity contribution in [3.63, 3.8) is 0 Å². The SMILES string of the molecule is CC(C)(C)[Si](C)(C)OCCC1C=C(Br)C(F)C(CCO[Si](C)(C)C(C)(C)C)C1. The number of hydrogen-bond donors (Lipinski definition) is 0. The highest BCUT2D eigenvalue weighted by molar-refractivity contribution is 9.11. The van der Waals surface area contributed by atoms with Crippen LogP contribution in [0.2, 0.25) is 36.3 Å². The monoisotopic (exact) mass is 494 g/mol. The second-order valence-corrected chi connectivity index (χ2v) is 22.0. The Bertz CT molecular complexity index is 536. The third-order valence-electron chi connectivity index (χ3n) is 7.19. The van der Waals surface area contributed by atoms with Crippen molar-refractivity contribution in [2.45, 2.75) is 103 Å². The van der Waals surface area contributed by atoms with Crippen molar-refractivity contribution < 1.29 is 13.2 Å². The molecule has 1 aliphatic rings. The first-order valence-corrected chi connectivity index (χ1v) is 17.4. The fourth-order valence-corrected chi connectivity index (χ4v) is 5.82. The fraction of sp³-hybridized carbons (Fsp3) is 0.909. The molecule has 0 bridgehead atoms. The second kappa shape index (κ2) is 9.75. The Morgan fingerprint density at radius 2 is 1.36 bits per heavy atom. The normalized spacial score (nSPS) is 25.0. The van der Waals surface area contributed by atoms with E-state index in [-0.39, 0.29) is 16.0 Å². The number of rotatable bonds is 8. The molecule has 0 aromatic heterocycles. The molecule has 2 nitrogen and oxygen atoms in total. The third kappa shape index (κ3) is 7.33. The molecule has 166 valence electrons. The van der Waals surface area contributed by atoms with Crippen LogP contribution in [0.25, 0.3) is 0 Å². The van der Waals surface area contributed by atoms with Crippen molar-refractivity contribution in [3.05, 3.63) is 10.6 Å². The van der Waals surface area contributed by atoms with Crippen molar-refractivity contribution in [2.75, 3.05) is 13.2 Å². The molecule has 0 heterocycles. The molecule has 0 radical (unpaired) electrons. The highest BCUT2D eigenvalue weighted by atomic mass is 79.9. The van der Waals surface area contributed by atoms with Crippen LogP contribution in [0.1, 0.15) is 60.8 Å². The lowest BCUT2D eigenvalue weighted by atomic mass is 9.82. The molecule has 0 aromatic rings. The summed E-state index contributed by atoms with van der Waals surface area (Å²) in [6, 6.07) is 0. The van der Waals surface area contributed by atoms with Crippen LogP contribution < -0.4 is 0 Å². The van der Waals surface area contributed by atoms with Crippen molar-refractivity contribution in [3.8, 4) is 0 Å². The van der Waals surface area contributed by atoms with Crippen LogP contribution in [0.3, 0.4) is 0 Å². The molecule has 3 atom stereocenters. The Morgan fingerprint density at radius 3 is 1.79 bits per heavy atom. The molecule has 0 saturated heterocycles. The molecule has 0 aromatic carbocycles. The van der Waals surface area contributed by atoms with Gasteiger partial charge in [-0.3, -0.25) is 0 Å². The van der Waals surface area contributed by atoms with E-state index in [1.54, 1.807) is 0 Å². The van der Waals surface area contributed by atoms with Crippen LogP contribution >= 0.6 is 15.9 Å². The highest BCUT2D eigenvalue weighted by Gasteiger charge is 2.39. The molecule has 0 aliphatic heterocycles. The summed E-state index contributed by atoms with van der Waals surface area (Å²) >= 11 is 3.48. The zero-order valence-corrected chi connectivity index (χ0v) is 23.5. The average molecular weight is 496 g/mol. The van der Waals surface area contributed by atoms with E-state index in [0.29, 0.717) is 17.0 Å². The molecule has 6 heteroatoms. The number of hydrogen-bond acceptors (Lipinski definition) is 2. The molecule has 0 amide bonds. The molecule has 0 fully saturated rings. The van der Waals surface area contributed by atoms with E-state index in [4.69, 9.17) is 8.85 Å². The molecule has 1 aliphatic carbocycles. The van der Waals surface area contributed by atoms with Crippen LogP contribution in [0.4, 0.5) is 4.39 Å². The van der Waals surface area contributed by atoms with Crippen molar-refractivity contribution >= 4 is 32.6 Å². The first-order valence-electron chi connectivity index (χ1n) is 10.8. The van der Waals surface area contributed by atoms with Crippen LogP contribution in [0, 0.1) is 11.8 Å². The van der Waals surface area contributed by atoms with Crippen LogP contribution in [-0.2, 0) is 8.85 Å². The number of alkyl halides is 1. The summed E-state index contributed by atoms with van der Waals surface area (Å²) in [6.45, 7) is 24.1. The molecule has 0 saturated carbocycles. The van der Waals surface area contributed by atoms with Gasteiger partial charge >= 0.3 is 0 Å². The van der Waals surface area contributed by atoms with E-state index in [1.807, 2.05) is 0 Å². The Hall–Kier alpha value is 0.504. The third-order valence-corrected chi connectivity index (χ3v) is 17.0. The lowest BCUT2D eigenvalue weighted by molar-refractivity contribution is 0.167. The largest absolute Gasteiger partial charge is 0.417 e. The quantitative estimate of drug-likeness (QED) is 0.317. The van der Waals surface area contributed by atoms with Gasteiger partial charge in [-0.05, 0) is 67.4 Å². The maximum absolute atomic E-state index is 14.8. The minimum absolute atomic E-state index is 0.0296. The maximum atomic E-state index is 14.8. The topological polar surface area (TPSA) is 18.5 Å². The van der Waals surface area contributed by atoms with Gasteiger partial charge in [0.05, 0.1) is 0 Å². The van der Waals surface area contributed by atoms with E-state index in [2.05, 4.69) is 89.7 Å². The molecule has 1 rings (SSSR count). The van der Waals surface area contributed by atoms with E-state index < -0.39 is 22.8 Å². The van der Waals surface area contributed by atoms with Crippen LogP contribution in [0.5, 0.6) is 0 Å². The van der Waals surface area contributed by atoms with Crippen molar-refractivity contribution in [2.24, 2.45) is 11.8 Å². The Morgan fingerprint density at radius 1 is 0.929 bits per heavy atom. The van der Waals surface area contributed by atoms with Gasteiger partial charge < -0.3 is 8.85 Å². The zero-order valence-electron chi connectivity index (χ0n) is 19.9. The molecule has 0 N–H and O–H groups in total. The average Bonchev–Trinajstić information content (AvgIpc) is 2.49. The van der Waals surface area contributed by atoms with Gasteiger partial charge in [-0.15, -0.1) is 0 Å². The summed E-state index contributed by atoms with van der Waals surface area (Å²) in [5, 5.41) is 0.419. The first kappa shape index (κ1) is 26.5. The summed E-state index contributed by atoms with van der Waals surface area (Å²) in [4.78, 5) is 0. The minimum atomic E-state index is -1.77. The minimum Gasteiger partial charge on any atom is -0.417 e. The molecular weight excluding hydrogens is 451 g/mol. The Balaban J connectivity index is 2.58. The predicted octanol–water partition coefficient (Wildman–Crippen LogP) is 8.06. The van der Waals surface area contributed by atoms with Gasteiger partial charge in [0.25, 0.3) is 0 Å². The van der Waals surface area contributed by atoms with Gasteiger partial charge in [-0.25, -0.2) is 4.39 Å². The van der Waals surface area contributed by atoms with Crippen molar-refractivity contribution in [1.82, 2.24) is 0 Å². The van der Waals surface area contributed by atoms with E-state index in [1.165, 1.54) is 0 Å². The summed E-state index contributed by atoms with van der Waals surface area (Å²) in [5.41, 5.74) is 0. The van der Waals surface area contributed by atoms with Gasteiger partial charge in [-0.2, -0.15) is 0 Å². The van der Waals surface area contributed by atoms with Crippen LogP contribution in [0.15, 0.2) is 10.6 Å². The van der Waals surface area contributed by atoms with E-state index >= 15 is 0 Å². The molecule has 28 heavy (non-hydrogen) atoms. The Kier molecular flexibility index (Phi) is 9.25. The lowest BCUT2D eigenvalue weighted by Gasteiger charge is -2.38. The summed E-state index contributed by atoms with van der Waals surface area (Å²) in [7, 11) is -3.49. The van der Waals surface area contributed by atoms with E-state index in [0.717, 1.165) is 25.9 Å². The maximum Gasteiger partial charge on any atom is 0.191 e. The Labute approximate surface area is 184 Å². The highest BCUT2D eigenvalue weighted by Crippen LogP contribution is 2.40. The van der Waals surface area contributed by atoms with Gasteiger partial charge in [-0.1, -0.05) is 63.5 Å². The van der Waals surface area contributed by atoms with Gasteiger partial charge in [0.15, 0.2) is 16.6 Å². The van der Waals surface area contributed by atoms with Gasteiger partial charge in [0.1, 0.15) is 6.17 Å². The molecular formula is C22H44BrFO2Si2. The lowest BCUT2D eigenvalue weighted by Crippen LogP contribution is -2.41. The summed E-state index contributed by atoms with van der Waals surface area (Å²) in [5.74, 6) is 0.408. The van der Waals surface area contributed by atoms with Crippen LogP contribution in [-0.4, -0.2) is 36.0 Å². The summed E-state index contributed by atoms with van der Waals surface area (Å²) in [6.07, 6.45) is 3.81. The fourth-order valence-electron chi connectivity index (χ4n) is 2.95. The second-order valence-electron chi connectivity index (χ2n) is 11.5.